The van der Waals surface area contributed by atoms with Crippen molar-refractivity contribution in [2.24, 2.45) is 5.41 Å². The van der Waals surface area contributed by atoms with Gasteiger partial charge in [-0.05, 0) is 18.3 Å². The van der Waals surface area contributed by atoms with Crippen LogP contribution in [-0.4, -0.2) is 63.8 Å². The largest absolute Gasteiger partial charge is 0.480 e. The van der Waals surface area contributed by atoms with Crippen molar-refractivity contribution >= 4 is 12.0 Å². The third kappa shape index (κ3) is 3.15. The van der Waals surface area contributed by atoms with E-state index in [-0.39, 0.29) is 19.0 Å². The van der Waals surface area contributed by atoms with E-state index in [9.17, 15) is 19.8 Å². The molecule has 2 atom stereocenters. The number of β-amino-alcohol motifs (C(OH)–C–C–N with tert-alkyl or cyclic N) is 1. The summed E-state index contributed by atoms with van der Waals surface area (Å²) in [4.78, 5) is 26.8. The quantitative estimate of drug-likeness (QED) is 0.828. The summed E-state index contributed by atoms with van der Waals surface area (Å²) in [5, 5.41) is 18.8. The maximum atomic E-state index is 12.5. The molecule has 0 aromatic heterocycles. The zero-order chi connectivity index (χ0) is 15.6. The number of carboxylic acid groups (broad SMARTS) is 1. The molecule has 2 rings (SSSR count). The highest BCUT2D eigenvalue weighted by molar-refractivity contribution is 5.83. The van der Waals surface area contributed by atoms with E-state index in [0.29, 0.717) is 18.5 Å². The van der Waals surface area contributed by atoms with E-state index in [1.165, 1.54) is 4.90 Å². The Bertz CT molecular complexity index is 398. The van der Waals surface area contributed by atoms with Gasteiger partial charge in [0.2, 0.25) is 0 Å². The van der Waals surface area contributed by atoms with Crippen molar-refractivity contribution < 1.29 is 19.8 Å². The highest BCUT2D eigenvalue weighted by Gasteiger charge is 2.42. The third-order valence-corrected chi connectivity index (χ3v) is 5.40. The molecular formula is C15H26N2O4. The number of aliphatic hydroxyl groups excluding tert-OH is 1. The van der Waals surface area contributed by atoms with Crippen LogP contribution in [0.5, 0.6) is 0 Å². The fourth-order valence-corrected chi connectivity index (χ4v) is 3.57. The van der Waals surface area contributed by atoms with Crippen LogP contribution in [-0.2, 0) is 4.79 Å². The number of carboxylic acids is 1. The lowest BCUT2D eigenvalue weighted by molar-refractivity contribution is -0.141. The number of carbonyl (C=O) groups is 2. The Morgan fingerprint density at radius 1 is 1.19 bits per heavy atom. The molecule has 21 heavy (non-hydrogen) atoms. The maximum Gasteiger partial charge on any atom is 0.326 e. The van der Waals surface area contributed by atoms with Gasteiger partial charge in [-0.2, -0.15) is 0 Å². The van der Waals surface area contributed by atoms with Crippen molar-refractivity contribution in [1.82, 2.24) is 9.80 Å². The first-order valence-electron chi connectivity index (χ1n) is 7.89. The molecule has 2 aliphatic rings. The second-order valence-corrected chi connectivity index (χ2v) is 6.37. The average Bonchev–Trinajstić information content (AvgIpc) is 2.89. The number of amides is 2. The number of aliphatic hydroxyl groups is 1. The lowest BCUT2D eigenvalue weighted by Crippen LogP contribution is -2.51. The van der Waals surface area contributed by atoms with Crippen molar-refractivity contribution in [3.8, 4) is 0 Å². The first-order chi connectivity index (χ1) is 9.92. The minimum absolute atomic E-state index is 0.124. The molecule has 6 nitrogen and oxygen atoms in total. The lowest BCUT2D eigenvalue weighted by Gasteiger charge is -2.42. The SMILES string of the molecule is CCC1(CC)CCN(C(=O)N2CC(O)CC2C(=O)O)CC1. The molecule has 0 aromatic rings. The smallest absolute Gasteiger partial charge is 0.326 e. The number of rotatable bonds is 3. The molecule has 2 amide bonds. The van der Waals surface area contributed by atoms with E-state index in [0.717, 1.165) is 25.7 Å². The molecule has 2 heterocycles. The summed E-state index contributed by atoms with van der Waals surface area (Å²) in [6.45, 7) is 5.87. The first kappa shape index (κ1) is 16.1. The van der Waals surface area contributed by atoms with Crippen LogP contribution in [0, 0.1) is 5.41 Å². The third-order valence-electron chi connectivity index (χ3n) is 5.40. The molecule has 2 fully saturated rings. The van der Waals surface area contributed by atoms with Crippen molar-refractivity contribution in [3.63, 3.8) is 0 Å². The Morgan fingerprint density at radius 3 is 2.24 bits per heavy atom. The predicted octanol–water partition coefficient (Wildman–Crippen LogP) is 1.53. The van der Waals surface area contributed by atoms with Crippen molar-refractivity contribution in [2.45, 2.75) is 58.1 Å². The number of hydrogen-bond acceptors (Lipinski definition) is 3. The molecule has 120 valence electrons. The molecule has 0 radical (unpaired) electrons. The van der Waals surface area contributed by atoms with Crippen LogP contribution in [0.4, 0.5) is 4.79 Å². The number of urea groups is 1. The molecule has 6 heteroatoms. The summed E-state index contributed by atoms with van der Waals surface area (Å²) >= 11 is 0. The normalized spacial score (nSPS) is 28.7. The highest BCUT2D eigenvalue weighted by atomic mass is 16.4. The van der Waals surface area contributed by atoms with Gasteiger partial charge in [0.05, 0.1) is 6.10 Å². The Morgan fingerprint density at radius 2 is 1.76 bits per heavy atom. The van der Waals surface area contributed by atoms with Gasteiger partial charge in [0.15, 0.2) is 0 Å². The second kappa shape index (κ2) is 6.22. The van der Waals surface area contributed by atoms with Gasteiger partial charge in [-0.3, -0.25) is 0 Å². The Balaban J connectivity index is 2.00. The summed E-state index contributed by atoms with van der Waals surface area (Å²) in [6, 6.07) is -1.13. The summed E-state index contributed by atoms with van der Waals surface area (Å²) in [7, 11) is 0. The fraction of sp³-hybridized carbons (Fsp3) is 0.867. The van der Waals surface area contributed by atoms with E-state index in [2.05, 4.69) is 13.8 Å². The number of piperidine rings is 1. The zero-order valence-electron chi connectivity index (χ0n) is 12.9. The predicted molar refractivity (Wildman–Crippen MR) is 78.0 cm³/mol. The number of nitrogens with zero attached hydrogens (tertiary/aromatic N) is 2. The molecule has 2 unspecified atom stereocenters. The van der Waals surface area contributed by atoms with E-state index >= 15 is 0 Å². The van der Waals surface area contributed by atoms with Crippen LogP contribution in [0.3, 0.4) is 0 Å². The molecule has 2 saturated heterocycles. The van der Waals surface area contributed by atoms with Gasteiger partial charge in [0.1, 0.15) is 6.04 Å². The zero-order valence-corrected chi connectivity index (χ0v) is 12.9. The van der Waals surface area contributed by atoms with Crippen LogP contribution >= 0.6 is 0 Å². The van der Waals surface area contributed by atoms with E-state index in [1.807, 2.05) is 0 Å². The van der Waals surface area contributed by atoms with Gasteiger partial charge in [-0.1, -0.05) is 26.7 Å². The standard InChI is InChI=1S/C15H26N2O4/c1-3-15(4-2)5-7-16(8-6-15)14(21)17-10-11(18)9-12(17)13(19)20/h11-12,18H,3-10H2,1-2H3,(H,19,20). The molecular weight excluding hydrogens is 272 g/mol. The Kier molecular flexibility index (Phi) is 4.76. The van der Waals surface area contributed by atoms with Gasteiger partial charge < -0.3 is 20.0 Å². The molecule has 0 bridgehead atoms. The van der Waals surface area contributed by atoms with Crippen LogP contribution in [0.15, 0.2) is 0 Å². The topological polar surface area (TPSA) is 81.1 Å². The summed E-state index contributed by atoms with van der Waals surface area (Å²) in [5.74, 6) is -1.03. The molecule has 0 saturated carbocycles. The van der Waals surface area contributed by atoms with Gasteiger partial charge in [-0.15, -0.1) is 0 Å². The number of carbonyl (C=O) groups excluding carboxylic acids is 1. The molecule has 2 aliphatic heterocycles. The fourth-order valence-electron chi connectivity index (χ4n) is 3.57. The van der Waals surface area contributed by atoms with E-state index in [1.54, 1.807) is 4.90 Å². The van der Waals surface area contributed by atoms with Gasteiger partial charge >= 0.3 is 12.0 Å². The highest BCUT2D eigenvalue weighted by Crippen LogP contribution is 2.38. The first-order valence-corrected chi connectivity index (χ1v) is 7.89. The molecule has 2 N–H and O–H groups in total. The van der Waals surface area contributed by atoms with Crippen LogP contribution < -0.4 is 0 Å². The summed E-state index contributed by atoms with van der Waals surface area (Å²) < 4.78 is 0. The van der Waals surface area contributed by atoms with Crippen LogP contribution in [0.2, 0.25) is 0 Å². The lowest BCUT2D eigenvalue weighted by atomic mass is 9.74. The maximum absolute atomic E-state index is 12.5. The Hall–Kier alpha value is -1.30. The van der Waals surface area contributed by atoms with Crippen molar-refractivity contribution in [3.05, 3.63) is 0 Å². The monoisotopic (exact) mass is 298 g/mol. The molecule has 0 spiro atoms. The van der Waals surface area contributed by atoms with Gasteiger partial charge in [-0.25, -0.2) is 9.59 Å². The van der Waals surface area contributed by atoms with Crippen molar-refractivity contribution in [2.75, 3.05) is 19.6 Å². The molecule has 0 aliphatic carbocycles. The number of aliphatic carboxylic acids is 1. The van der Waals surface area contributed by atoms with Gasteiger partial charge in [0.25, 0.3) is 0 Å². The number of hydrogen-bond donors (Lipinski definition) is 2. The number of likely N-dealkylation sites (tertiary alicyclic amines) is 2. The Labute approximate surface area is 125 Å². The van der Waals surface area contributed by atoms with E-state index in [4.69, 9.17) is 0 Å². The summed E-state index contributed by atoms with van der Waals surface area (Å²) in [6.07, 6.45) is 3.57. The minimum atomic E-state index is -1.03. The second-order valence-electron chi connectivity index (χ2n) is 6.37. The molecule has 0 aromatic carbocycles. The summed E-state index contributed by atoms with van der Waals surface area (Å²) in [5.41, 5.74) is 0.327. The van der Waals surface area contributed by atoms with E-state index < -0.39 is 18.1 Å². The van der Waals surface area contributed by atoms with Crippen molar-refractivity contribution in [1.29, 1.82) is 0 Å². The van der Waals surface area contributed by atoms with Gasteiger partial charge in [0, 0.05) is 26.1 Å². The van der Waals surface area contributed by atoms with Crippen LogP contribution in [0.25, 0.3) is 0 Å². The minimum Gasteiger partial charge on any atom is -0.480 e. The average molecular weight is 298 g/mol. The van der Waals surface area contributed by atoms with Crippen LogP contribution in [0.1, 0.15) is 46.0 Å².